The van der Waals surface area contributed by atoms with Gasteiger partial charge in [0.1, 0.15) is 5.82 Å². The number of carbonyl (C=O) groups excluding carboxylic acids is 1. The molecule has 1 amide bonds. The lowest BCUT2D eigenvalue weighted by Gasteiger charge is -2.33. The van der Waals surface area contributed by atoms with Gasteiger partial charge in [-0.3, -0.25) is 4.79 Å². The molecule has 33 heavy (non-hydrogen) atoms. The van der Waals surface area contributed by atoms with Gasteiger partial charge < -0.3 is 20.0 Å². The number of nitrogens with one attached hydrogen (secondary N) is 1. The van der Waals surface area contributed by atoms with Crippen molar-refractivity contribution in [2.45, 2.75) is 31.6 Å². The Morgan fingerprint density at radius 1 is 1.09 bits per heavy atom. The Balaban J connectivity index is 1.41. The molecule has 0 radical (unpaired) electrons. The normalized spacial score (nSPS) is 17.6. The molecule has 8 nitrogen and oxygen atoms in total. The molecule has 0 spiro atoms. The van der Waals surface area contributed by atoms with Crippen LogP contribution in [0.3, 0.4) is 0 Å². The summed E-state index contributed by atoms with van der Waals surface area (Å²) in [4.78, 5) is 34.0. The number of fused-ring (bicyclic) bond motifs is 1. The number of hydrogen-bond donors (Lipinski definition) is 1. The summed E-state index contributed by atoms with van der Waals surface area (Å²) in [5.41, 5.74) is 3.15. The Kier molecular flexibility index (Phi) is 6.16. The predicted octanol–water partition coefficient (Wildman–Crippen LogP) is 3.94. The highest BCUT2D eigenvalue weighted by atomic mass is 32.1. The van der Waals surface area contributed by atoms with Crippen molar-refractivity contribution >= 4 is 44.9 Å². The fraction of sp³-hybridized carbons (Fsp3) is 0.500. The van der Waals surface area contributed by atoms with Crippen LogP contribution in [0.25, 0.3) is 10.2 Å². The van der Waals surface area contributed by atoms with Crippen molar-refractivity contribution in [1.82, 2.24) is 24.8 Å². The highest BCUT2D eigenvalue weighted by Crippen LogP contribution is 2.43. The fourth-order valence-electron chi connectivity index (χ4n) is 4.75. The number of aromatic nitrogens is 3. The molecular formula is C24H31N7OS. The van der Waals surface area contributed by atoms with Crippen LogP contribution in [0.4, 0.5) is 17.5 Å². The highest BCUT2D eigenvalue weighted by molar-refractivity contribution is 7.21. The van der Waals surface area contributed by atoms with Crippen molar-refractivity contribution in [1.29, 1.82) is 0 Å². The van der Waals surface area contributed by atoms with Crippen molar-refractivity contribution in [3.8, 4) is 0 Å². The third kappa shape index (κ3) is 4.52. The van der Waals surface area contributed by atoms with E-state index in [1.165, 1.54) is 24.2 Å². The summed E-state index contributed by atoms with van der Waals surface area (Å²) >= 11 is 1.51. The van der Waals surface area contributed by atoms with Gasteiger partial charge in [0.05, 0.1) is 33.2 Å². The molecule has 0 atom stereocenters. The van der Waals surface area contributed by atoms with E-state index in [1.54, 1.807) is 19.0 Å². The van der Waals surface area contributed by atoms with Crippen molar-refractivity contribution in [3.05, 3.63) is 35.0 Å². The quantitative estimate of drug-likeness (QED) is 0.611. The van der Waals surface area contributed by atoms with Gasteiger partial charge in [0, 0.05) is 45.8 Å². The molecule has 174 valence electrons. The molecule has 2 fully saturated rings. The van der Waals surface area contributed by atoms with E-state index in [0.29, 0.717) is 11.9 Å². The van der Waals surface area contributed by atoms with Crippen LogP contribution in [-0.2, 0) is 0 Å². The minimum atomic E-state index is 0.0515. The van der Waals surface area contributed by atoms with Crippen LogP contribution in [0.2, 0.25) is 0 Å². The van der Waals surface area contributed by atoms with E-state index in [-0.39, 0.29) is 5.91 Å². The van der Waals surface area contributed by atoms with Crippen LogP contribution in [0.15, 0.2) is 24.5 Å². The zero-order valence-corrected chi connectivity index (χ0v) is 20.4. The second-order valence-electron chi connectivity index (χ2n) is 9.25. The molecule has 5 rings (SSSR count). The van der Waals surface area contributed by atoms with E-state index in [0.717, 1.165) is 71.2 Å². The zero-order chi connectivity index (χ0) is 22.9. The summed E-state index contributed by atoms with van der Waals surface area (Å²) < 4.78 is 0.964. The first-order valence-electron chi connectivity index (χ1n) is 11.7. The van der Waals surface area contributed by atoms with E-state index in [2.05, 4.69) is 38.2 Å². The fourth-order valence-corrected chi connectivity index (χ4v) is 5.97. The molecule has 2 aliphatic rings. The zero-order valence-electron chi connectivity index (χ0n) is 19.5. The molecule has 9 heteroatoms. The Bertz CT molecular complexity index is 1130. The Morgan fingerprint density at radius 2 is 1.85 bits per heavy atom. The number of anilines is 3. The Labute approximate surface area is 198 Å². The maximum absolute atomic E-state index is 12.9. The molecule has 1 N–H and O–H groups in total. The second kappa shape index (κ2) is 9.23. The molecule has 4 heterocycles. The minimum Gasteiger partial charge on any atom is -0.368 e. The van der Waals surface area contributed by atoms with Gasteiger partial charge in [-0.1, -0.05) is 12.8 Å². The van der Waals surface area contributed by atoms with E-state index in [9.17, 15) is 4.79 Å². The molecule has 3 aromatic heterocycles. The summed E-state index contributed by atoms with van der Waals surface area (Å²) in [6.07, 6.45) is 8.38. The van der Waals surface area contributed by atoms with Gasteiger partial charge in [-0.15, -0.1) is 11.3 Å². The average molecular weight is 466 g/mol. The third-order valence-corrected chi connectivity index (χ3v) is 7.80. The van der Waals surface area contributed by atoms with Crippen LogP contribution in [0, 0.1) is 0 Å². The maximum atomic E-state index is 12.9. The lowest BCUT2D eigenvalue weighted by Crippen LogP contribution is -2.44. The summed E-state index contributed by atoms with van der Waals surface area (Å²) in [6.45, 7) is 4.16. The first-order valence-corrected chi connectivity index (χ1v) is 12.5. The second-order valence-corrected chi connectivity index (χ2v) is 10.3. The number of piperazine rings is 1. The van der Waals surface area contributed by atoms with Crippen LogP contribution in [-0.4, -0.2) is 78.0 Å². The highest BCUT2D eigenvalue weighted by Gasteiger charge is 2.29. The number of thiophene rings is 1. The van der Waals surface area contributed by atoms with E-state index in [1.807, 2.05) is 18.5 Å². The lowest BCUT2D eigenvalue weighted by molar-refractivity contribution is 0.0831. The summed E-state index contributed by atoms with van der Waals surface area (Å²) in [6, 6.07) is 4.08. The molecule has 1 aliphatic heterocycles. The van der Waals surface area contributed by atoms with E-state index >= 15 is 0 Å². The van der Waals surface area contributed by atoms with Gasteiger partial charge in [0.2, 0.25) is 5.95 Å². The third-order valence-electron chi connectivity index (χ3n) is 6.69. The first-order chi connectivity index (χ1) is 16.0. The molecule has 0 bridgehead atoms. The van der Waals surface area contributed by atoms with E-state index in [4.69, 9.17) is 4.98 Å². The molecule has 0 unspecified atom stereocenters. The number of nitrogens with zero attached hydrogens (tertiary/aromatic N) is 6. The summed E-state index contributed by atoms with van der Waals surface area (Å²) in [7, 11) is 5.77. The number of hydrogen-bond acceptors (Lipinski definition) is 8. The van der Waals surface area contributed by atoms with Gasteiger partial charge in [-0.25, -0.2) is 15.0 Å². The first kappa shape index (κ1) is 22.0. The number of rotatable bonds is 5. The standard InChI is InChI=1S/C24H31N7OS/c1-29(2)23(32)22-20(16-6-4-5-7-16)21-18(33-22)15-26-24(28-21)27-19-9-8-17(14-25-19)31-12-10-30(3)11-13-31/h8-9,14-16H,4-7,10-13H2,1-3H3,(H,25,26,27,28). The smallest absolute Gasteiger partial charge is 0.263 e. The SMILES string of the molecule is CN1CCN(c2ccc(Nc3ncc4sc(C(=O)N(C)C)c(C5CCCC5)c4n3)nc2)CC1. The molecule has 1 saturated carbocycles. The predicted molar refractivity (Wildman–Crippen MR) is 134 cm³/mol. The van der Waals surface area contributed by atoms with Gasteiger partial charge >= 0.3 is 0 Å². The summed E-state index contributed by atoms with van der Waals surface area (Å²) in [5.74, 6) is 1.68. The van der Waals surface area contributed by atoms with Gasteiger partial charge in [0.15, 0.2) is 0 Å². The summed E-state index contributed by atoms with van der Waals surface area (Å²) in [5, 5.41) is 3.26. The van der Waals surface area contributed by atoms with Crippen LogP contribution in [0.5, 0.6) is 0 Å². The van der Waals surface area contributed by atoms with Gasteiger partial charge in [-0.2, -0.15) is 0 Å². The van der Waals surface area contributed by atoms with Crippen LogP contribution >= 0.6 is 11.3 Å². The van der Waals surface area contributed by atoms with Crippen LogP contribution in [0.1, 0.15) is 46.8 Å². The number of pyridine rings is 1. The van der Waals surface area contributed by atoms with Crippen molar-refractivity contribution in [2.24, 2.45) is 0 Å². The molecule has 1 aliphatic carbocycles. The van der Waals surface area contributed by atoms with Crippen molar-refractivity contribution < 1.29 is 4.79 Å². The minimum absolute atomic E-state index is 0.0515. The lowest BCUT2D eigenvalue weighted by atomic mass is 9.96. The number of amides is 1. The number of carbonyl (C=O) groups is 1. The van der Waals surface area contributed by atoms with Gasteiger partial charge in [0.25, 0.3) is 5.91 Å². The van der Waals surface area contributed by atoms with Crippen LogP contribution < -0.4 is 10.2 Å². The average Bonchev–Trinajstić information content (AvgIpc) is 3.47. The molecule has 0 aromatic carbocycles. The maximum Gasteiger partial charge on any atom is 0.263 e. The molecular weight excluding hydrogens is 434 g/mol. The van der Waals surface area contributed by atoms with Crippen molar-refractivity contribution in [3.63, 3.8) is 0 Å². The van der Waals surface area contributed by atoms with E-state index < -0.39 is 0 Å². The molecule has 1 saturated heterocycles. The Morgan fingerprint density at radius 3 is 2.52 bits per heavy atom. The largest absolute Gasteiger partial charge is 0.368 e. The molecule has 3 aromatic rings. The van der Waals surface area contributed by atoms with Crippen molar-refractivity contribution in [2.75, 3.05) is 57.5 Å². The Hall–Kier alpha value is -2.78. The number of likely N-dealkylation sites (N-methyl/N-ethyl adjacent to an activating group) is 1. The monoisotopic (exact) mass is 465 g/mol. The van der Waals surface area contributed by atoms with Gasteiger partial charge in [-0.05, 0) is 37.9 Å². The topological polar surface area (TPSA) is 77.5 Å².